The lowest BCUT2D eigenvalue weighted by atomic mass is 9.81. The van der Waals surface area contributed by atoms with Gasteiger partial charge in [-0.25, -0.2) is 4.79 Å². The molecule has 0 radical (unpaired) electrons. The number of hydrogen-bond acceptors (Lipinski definition) is 2. The van der Waals surface area contributed by atoms with Crippen molar-refractivity contribution in [2.75, 3.05) is 0 Å². The molecule has 0 bridgehead atoms. The summed E-state index contributed by atoms with van der Waals surface area (Å²) in [5, 5.41) is 0. The highest BCUT2D eigenvalue weighted by molar-refractivity contribution is 5.87. The molecule has 2 atom stereocenters. The highest BCUT2D eigenvalue weighted by Crippen LogP contribution is 2.32. The Morgan fingerprint density at radius 1 is 1.35 bits per heavy atom. The second-order valence-corrected chi connectivity index (χ2v) is 5.08. The van der Waals surface area contributed by atoms with Gasteiger partial charge in [-0.15, -0.1) is 0 Å². The average Bonchev–Trinajstić information content (AvgIpc) is 2.29. The van der Waals surface area contributed by atoms with Gasteiger partial charge >= 0.3 is 5.97 Å². The predicted octanol–water partition coefficient (Wildman–Crippen LogP) is 4.49. The molecule has 0 rings (SSSR count). The minimum atomic E-state index is -0.347. The van der Waals surface area contributed by atoms with Crippen LogP contribution in [0.2, 0.25) is 0 Å². The maximum Gasteiger partial charge on any atom is 0.333 e. The molecule has 0 aliphatic rings. The Morgan fingerprint density at radius 2 is 1.94 bits per heavy atom. The predicted molar refractivity (Wildman–Crippen MR) is 72.9 cm³/mol. The van der Waals surface area contributed by atoms with Crippen LogP contribution < -0.4 is 0 Å². The summed E-state index contributed by atoms with van der Waals surface area (Å²) in [6.45, 7) is 13.8. The van der Waals surface area contributed by atoms with Gasteiger partial charge in [0.1, 0.15) is 5.60 Å². The Kier molecular flexibility index (Phi) is 7.17. The standard InChI is InChI=1S/C15H28O2/c1-7-10-11-13(8-2)15(6,9-3)17-14(16)12(4)5/h13H,4,7-11H2,1-3,5-6H3. The zero-order chi connectivity index (χ0) is 13.5. The van der Waals surface area contributed by atoms with Gasteiger partial charge in [-0.2, -0.15) is 0 Å². The normalized spacial score (nSPS) is 16.1. The first kappa shape index (κ1) is 16.2. The number of esters is 1. The summed E-state index contributed by atoms with van der Waals surface area (Å²) < 4.78 is 5.66. The van der Waals surface area contributed by atoms with Crippen molar-refractivity contribution in [3.05, 3.63) is 12.2 Å². The fourth-order valence-electron chi connectivity index (χ4n) is 2.13. The van der Waals surface area contributed by atoms with E-state index in [1.54, 1.807) is 6.92 Å². The Bertz CT molecular complexity index is 258. The van der Waals surface area contributed by atoms with Crippen LogP contribution in [0.25, 0.3) is 0 Å². The third-order valence-corrected chi connectivity index (χ3v) is 3.64. The molecule has 0 amide bonds. The van der Waals surface area contributed by atoms with Crippen LogP contribution in [0.1, 0.15) is 66.7 Å². The molecule has 0 aromatic rings. The number of carbonyl (C=O) groups excluding carboxylic acids is 1. The van der Waals surface area contributed by atoms with Crippen LogP contribution in [0.5, 0.6) is 0 Å². The highest BCUT2D eigenvalue weighted by Gasteiger charge is 2.34. The van der Waals surface area contributed by atoms with E-state index >= 15 is 0 Å². The van der Waals surface area contributed by atoms with Crippen molar-refractivity contribution in [2.45, 2.75) is 72.3 Å². The highest BCUT2D eigenvalue weighted by atomic mass is 16.6. The Labute approximate surface area is 106 Å². The van der Waals surface area contributed by atoms with E-state index in [4.69, 9.17) is 4.74 Å². The zero-order valence-corrected chi connectivity index (χ0v) is 12.1. The smallest absolute Gasteiger partial charge is 0.333 e. The van der Waals surface area contributed by atoms with Gasteiger partial charge in [0, 0.05) is 5.57 Å². The summed E-state index contributed by atoms with van der Waals surface area (Å²) >= 11 is 0. The molecule has 100 valence electrons. The molecule has 2 heteroatoms. The molecule has 0 aliphatic carbocycles. The zero-order valence-electron chi connectivity index (χ0n) is 12.1. The van der Waals surface area contributed by atoms with E-state index in [1.807, 2.05) is 0 Å². The van der Waals surface area contributed by atoms with Gasteiger partial charge in [-0.05, 0) is 39.0 Å². The van der Waals surface area contributed by atoms with E-state index in [-0.39, 0.29) is 11.6 Å². The SMILES string of the molecule is C=C(C)C(=O)OC(C)(CC)C(CC)CCCC. The second kappa shape index (κ2) is 7.52. The second-order valence-electron chi connectivity index (χ2n) is 5.08. The molecule has 2 nitrogen and oxygen atoms in total. The van der Waals surface area contributed by atoms with Crippen LogP contribution in [0.4, 0.5) is 0 Å². The van der Waals surface area contributed by atoms with Crippen molar-refractivity contribution in [1.29, 1.82) is 0 Å². The summed E-state index contributed by atoms with van der Waals surface area (Å²) in [5.41, 5.74) is 0.134. The lowest BCUT2D eigenvalue weighted by Gasteiger charge is -2.36. The fourth-order valence-corrected chi connectivity index (χ4v) is 2.13. The summed E-state index contributed by atoms with van der Waals surface area (Å²) in [4.78, 5) is 11.7. The van der Waals surface area contributed by atoms with Gasteiger partial charge in [-0.3, -0.25) is 0 Å². The van der Waals surface area contributed by atoms with E-state index in [1.165, 1.54) is 12.8 Å². The molecule has 0 fully saturated rings. The van der Waals surface area contributed by atoms with E-state index in [0.717, 1.165) is 19.3 Å². The minimum Gasteiger partial charge on any atom is -0.456 e. The molecular weight excluding hydrogens is 212 g/mol. The van der Waals surface area contributed by atoms with Gasteiger partial charge < -0.3 is 4.74 Å². The van der Waals surface area contributed by atoms with Gasteiger partial charge in [0.2, 0.25) is 0 Å². The molecule has 0 saturated carbocycles. The van der Waals surface area contributed by atoms with Gasteiger partial charge in [0.25, 0.3) is 0 Å². The van der Waals surface area contributed by atoms with E-state index in [0.29, 0.717) is 11.5 Å². The number of hydrogen-bond donors (Lipinski definition) is 0. The molecule has 0 aromatic carbocycles. The van der Waals surface area contributed by atoms with Crippen LogP contribution in [0.15, 0.2) is 12.2 Å². The van der Waals surface area contributed by atoms with Crippen LogP contribution in [0.3, 0.4) is 0 Å². The van der Waals surface area contributed by atoms with Crippen LogP contribution >= 0.6 is 0 Å². The third-order valence-electron chi connectivity index (χ3n) is 3.64. The molecule has 0 aliphatic heterocycles. The Hall–Kier alpha value is -0.790. The van der Waals surface area contributed by atoms with Crippen molar-refractivity contribution in [2.24, 2.45) is 5.92 Å². The summed E-state index contributed by atoms with van der Waals surface area (Å²) in [7, 11) is 0. The molecule has 0 aromatic heterocycles. The number of rotatable bonds is 8. The lowest BCUT2D eigenvalue weighted by Crippen LogP contribution is -2.39. The van der Waals surface area contributed by atoms with Gasteiger partial charge in [0.15, 0.2) is 0 Å². The third kappa shape index (κ3) is 4.93. The van der Waals surface area contributed by atoms with E-state index < -0.39 is 0 Å². The fraction of sp³-hybridized carbons (Fsp3) is 0.800. The van der Waals surface area contributed by atoms with Crippen molar-refractivity contribution < 1.29 is 9.53 Å². The summed E-state index contributed by atoms with van der Waals surface area (Å²) in [6.07, 6.45) is 5.41. The van der Waals surface area contributed by atoms with Crippen molar-refractivity contribution in [3.8, 4) is 0 Å². The minimum absolute atomic E-state index is 0.260. The average molecular weight is 240 g/mol. The quantitative estimate of drug-likeness (QED) is 0.461. The largest absolute Gasteiger partial charge is 0.456 e. The molecular formula is C15H28O2. The maximum atomic E-state index is 11.7. The Morgan fingerprint density at radius 3 is 2.29 bits per heavy atom. The van der Waals surface area contributed by atoms with Crippen molar-refractivity contribution >= 4 is 5.97 Å². The first-order valence-electron chi connectivity index (χ1n) is 6.80. The van der Waals surface area contributed by atoms with E-state index in [9.17, 15) is 4.79 Å². The molecule has 17 heavy (non-hydrogen) atoms. The van der Waals surface area contributed by atoms with Crippen molar-refractivity contribution in [3.63, 3.8) is 0 Å². The molecule has 0 saturated heterocycles. The van der Waals surface area contributed by atoms with Crippen LogP contribution in [-0.2, 0) is 9.53 Å². The topological polar surface area (TPSA) is 26.3 Å². The van der Waals surface area contributed by atoms with Gasteiger partial charge in [0.05, 0.1) is 0 Å². The number of unbranched alkanes of at least 4 members (excludes halogenated alkanes) is 1. The Balaban J connectivity index is 4.71. The first-order valence-corrected chi connectivity index (χ1v) is 6.80. The summed E-state index contributed by atoms with van der Waals surface area (Å²) in [6, 6.07) is 0. The molecule has 0 heterocycles. The molecule has 2 unspecified atom stereocenters. The van der Waals surface area contributed by atoms with E-state index in [2.05, 4.69) is 34.3 Å². The van der Waals surface area contributed by atoms with Gasteiger partial charge in [-0.1, -0.05) is 40.2 Å². The van der Waals surface area contributed by atoms with Crippen LogP contribution in [-0.4, -0.2) is 11.6 Å². The lowest BCUT2D eigenvalue weighted by molar-refractivity contribution is -0.160. The first-order chi connectivity index (χ1) is 7.91. The molecule has 0 N–H and O–H groups in total. The number of carbonyl (C=O) groups is 1. The maximum absolute atomic E-state index is 11.7. The molecule has 0 spiro atoms. The van der Waals surface area contributed by atoms with Crippen molar-refractivity contribution in [1.82, 2.24) is 0 Å². The van der Waals surface area contributed by atoms with Crippen LogP contribution in [0, 0.1) is 5.92 Å². The number of ether oxygens (including phenoxy) is 1. The monoisotopic (exact) mass is 240 g/mol. The summed E-state index contributed by atoms with van der Waals surface area (Å²) in [5.74, 6) is 0.181.